The first-order valence-electron chi connectivity index (χ1n) is 11.1. The summed E-state index contributed by atoms with van der Waals surface area (Å²) in [5.41, 5.74) is 3.72. The molecule has 5 nitrogen and oxygen atoms in total. The van der Waals surface area contributed by atoms with E-state index in [9.17, 15) is 4.79 Å². The summed E-state index contributed by atoms with van der Waals surface area (Å²) < 4.78 is 0. The maximum Gasteiger partial charge on any atom is 0.257 e. The number of anilines is 3. The second-order valence-corrected chi connectivity index (χ2v) is 8.50. The number of carbonyl (C=O) groups excluding carboxylic acids is 1. The van der Waals surface area contributed by atoms with Crippen LogP contribution < -0.4 is 15.1 Å². The van der Waals surface area contributed by atoms with Gasteiger partial charge in [-0.1, -0.05) is 19.8 Å². The van der Waals surface area contributed by atoms with Gasteiger partial charge in [0.05, 0.1) is 17.4 Å². The lowest BCUT2D eigenvalue weighted by Gasteiger charge is -2.32. The monoisotopic (exact) mass is 392 g/mol. The Morgan fingerprint density at radius 2 is 1.55 bits per heavy atom. The molecule has 0 bridgehead atoms. The van der Waals surface area contributed by atoms with Crippen LogP contribution in [-0.4, -0.2) is 37.1 Å². The van der Waals surface area contributed by atoms with E-state index in [0.29, 0.717) is 5.56 Å². The zero-order chi connectivity index (χ0) is 20.1. The third-order valence-electron chi connectivity index (χ3n) is 6.23. The highest BCUT2D eigenvalue weighted by Crippen LogP contribution is 2.25. The normalized spacial score (nSPS) is 18.4. The number of pyridine rings is 1. The highest BCUT2D eigenvalue weighted by molar-refractivity contribution is 6.04. The molecular formula is C24H32N4O. The number of amides is 1. The van der Waals surface area contributed by atoms with Gasteiger partial charge in [-0.05, 0) is 61.9 Å². The Bertz CT molecular complexity index is 804. The number of hydrogen-bond acceptors (Lipinski definition) is 4. The molecule has 0 saturated carbocycles. The lowest BCUT2D eigenvalue weighted by Crippen LogP contribution is -2.32. The van der Waals surface area contributed by atoms with Gasteiger partial charge in [0.1, 0.15) is 0 Å². The van der Waals surface area contributed by atoms with Gasteiger partial charge < -0.3 is 15.1 Å². The Hall–Kier alpha value is -2.56. The summed E-state index contributed by atoms with van der Waals surface area (Å²) in [6.07, 6.45) is 11.0. The molecule has 2 aliphatic heterocycles. The average molecular weight is 393 g/mol. The summed E-state index contributed by atoms with van der Waals surface area (Å²) >= 11 is 0. The van der Waals surface area contributed by atoms with E-state index in [2.05, 4.69) is 39.2 Å². The third-order valence-corrected chi connectivity index (χ3v) is 6.23. The molecule has 2 saturated heterocycles. The third kappa shape index (κ3) is 5.08. The number of piperidine rings is 1. The number of benzene rings is 1. The largest absolute Gasteiger partial charge is 0.372 e. The molecule has 5 heteroatoms. The zero-order valence-electron chi connectivity index (χ0n) is 17.4. The second kappa shape index (κ2) is 9.29. The van der Waals surface area contributed by atoms with Crippen LogP contribution in [0, 0.1) is 5.92 Å². The van der Waals surface area contributed by atoms with Crippen LogP contribution in [0.5, 0.6) is 0 Å². The zero-order valence-corrected chi connectivity index (χ0v) is 17.4. The highest BCUT2D eigenvalue weighted by atomic mass is 16.1. The standard InChI is InChI=1S/C24H32N4O/c1-19-10-14-28(15-11-19)22-8-6-21(7-9-22)26-24(29)20-16-23(18-25-17-20)27-12-4-2-3-5-13-27/h6-9,16-19H,2-5,10-15H2,1H3,(H,26,29). The van der Waals surface area contributed by atoms with E-state index in [1.54, 1.807) is 6.20 Å². The van der Waals surface area contributed by atoms with Crippen molar-refractivity contribution >= 4 is 23.0 Å². The molecule has 29 heavy (non-hydrogen) atoms. The van der Waals surface area contributed by atoms with Crippen molar-refractivity contribution in [2.75, 3.05) is 41.3 Å². The SMILES string of the molecule is CC1CCN(c2ccc(NC(=O)c3cncc(N4CCCCCC4)c3)cc2)CC1. The van der Waals surface area contributed by atoms with Gasteiger partial charge in [0.15, 0.2) is 0 Å². The van der Waals surface area contributed by atoms with E-state index in [0.717, 1.165) is 43.5 Å². The first kappa shape index (κ1) is 19.7. The van der Waals surface area contributed by atoms with Crippen molar-refractivity contribution in [3.05, 3.63) is 48.3 Å². The lowest BCUT2D eigenvalue weighted by molar-refractivity contribution is 0.102. The predicted octanol–water partition coefficient (Wildman–Crippen LogP) is 4.95. The minimum Gasteiger partial charge on any atom is -0.372 e. The highest BCUT2D eigenvalue weighted by Gasteiger charge is 2.16. The number of rotatable bonds is 4. The van der Waals surface area contributed by atoms with Gasteiger partial charge in [0, 0.05) is 43.8 Å². The summed E-state index contributed by atoms with van der Waals surface area (Å²) in [6.45, 7) is 6.64. The maximum absolute atomic E-state index is 12.8. The summed E-state index contributed by atoms with van der Waals surface area (Å²) in [4.78, 5) is 21.9. The number of hydrogen-bond donors (Lipinski definition) is 1. The molecule has 0 atom stereocenters. The average Bonchev–Trinajstić information content (AvgIpc) is 3.05. The Morgan fingerprint density at radius 3 is 2.24 bits per heavy atom. The van der Waals surface area contributed by atoms with E-state index < -0.39 is 0 Å². The molecule has 4 rings (SSSR count). The van der Waals surface area contributed by atoms with Gasteiger partial charge in [-0.25, -0.2) is 0 Å². The molecule has 2 aliphatic rings. The lowest BCUT2D eigenvalue weighted by atomic mass is 9.99. The first-order chi connectivity index (χ1) is 14.2. The van der Waals surface area contributed by atoms with Gasteiger partial charge in [0.25, 0.3) is 5.91 Å². The van der Waals surface area contributed by atoms with Crippen LogP contribution in [-0.2, 0) is 0 Å². The molecular weight excluding hydrogens is 360 g/mol. The Balaban J connectivity index is 1.39. The molecule has 2 fully saturated rings. The van der Waals surface area contributed by atoms with Crippen molar-refractivity contribution in [3.63, 3.8) is 0 Å². The molecule has 0 aliphatic carbocycles. The summed E-state index contributed by atoms with van der Waals surface area (Å²) in [7, 11) is 0. The summed E-state index contributed by atoms with van der Waals surface area (Å²) in [6, 6.07) is 10.2. The summed E-state index contributed by atoms with van der Waals surface area (Å²) in [5, 5.41) is 3.02. The number of nitrogens with one attached hydrogen (secondary N) is 1. The van der Waals surface area contributed by atoms with Crippen LogP contribution in [0.4, 0.5) is 17.1 Å². The Labute approximate surface area is 174 Å². The minimum atomic E-state index is -0.103. The van der Waals surface area contributed by atoms with Gasteiger partial charge in [-0.3, -0.25) is 9.78 Å². The van der Waals surface area contributed by atoms with Crippen LogP contribution in [0.1, 0.15) is 55.8 Å². The van der Waals surface area contributed by atoms with Crippen molar-refractivity contribution < 1.29 is 4.79 Å². The van der Waals surface area contributed by atoms with E-state index in [-0.39, 0.29) is 5.91 Å². The van der Waals surface area contributed by atoms with E-state index in [1.165, 1.54) is 44.2 Å². The number of aromatic nitrogens is 1. The van der Waals surface area contributed by atoms with Gasteiger partial charge in [-0.2, -0.15) is 0 Å². The Morgan fingerprint density at radius 1 is 0.897 bits per heavy atom. The molecule has 0 spiro atoms. The molecule has 0 radical (unpaired) electrons. The van der Waals surface area contributed by atoms with E-state index in [4.69, 9.17) is 0 Å². The fourth-order valence-electron chi connectivity index (χ4n) is 4.28. The molecule has 1 aromatic heterocycles. The molecule has 154 valence electrons. The van der Waals surface area contributed by atoms with Crippen molar-refractivity contribution in [1.29, 1.82) is 0 Å². The van der Waals surface area contributed by atoms with Crippen molar-refractivity contribution in [2.45, 2.75) is 45.4 Å². The minimum absolute atomic E-state index is 0.103. The van der Waals surface area contributed by atoms with Crippen molar-refractivity contribution in [3.8, 4) is 0 Å². The number of carbonyl (C=O) groups is 1. The van der Waals surface area contributed by atoms with E-state index in [1.807, 2.05) is 24.4 Å². The molecule has 1 N–H and O–H groups in total. The van der Waals surface area contributed by atoms with Gasteiger partial charge >= 0.3 is 0 Å². The van der Waals surface area contributed by atoms with Gasteiger partial charge in [0.2, 0.25) is 0 Å². The van der Waals surface area contributed by atoms with Crippen LogP contribution in [0.3, 0.4) is 0 Å². The predicted molar refractivity (Wildman–Crippen MR) is 120 cm³/mol. The quantitative estimate of drug-likeness (QED) is 0.800. The molecule has 1 aromatic carbocycles. The maximum atomic E-state index is 12.8. The smallest absolute Gasteiger partial charge is 0.257 e. The summed E-state index contributed by atoms with van der Waals surface area (Å²) in [5.74, 6) is 0.720. The van der Waals surface area contributed by atoms with Crippen LogP contribution in [0.2, 0.25) is 0 Å². The Kier molecular flexibility index (Phi) is 6.33. The van der Waals surface area contributed by atoms with Gasteiger partial charge in [-0.15, -0.1) is 0 Å². The topological polar surface area (TPSA) is 48.5 Å². The van der Waals surface area contributed by atoms with Crippen molar-refractivity contribution in [2.24, 2.45) is 5.92 Å². The van der Waals surface area contributed by atoms with E-state index >= 15 is 0 Å². The van der Waals surface area contributed by atoms with Crippen LogP contribution in [0.25, 0.3) is 0 Å². The van der Waals surface area contributed by atoms with Crippen LogP contribution in [0.15, 0.2) is 42.7 Å². The molecule has 2 aromatic rings. The fourth-order valence-corrected chi connectivity index (χ4v) is 4.28. The second-order valence-electron chi connectivity index (χ2n) is 8.50. The molecule has 0 unspecified atom stereocenters. The number of nitrogens with zero attached hydrogens (tertiary/aromatic N) is 3. The molecule has 3 heterocycles. The molecule has 1 amide bonds. The fraction of sp³-hybridized carbons (Fsp3) is 0.500. The first-order valence-corrected chi connectivity index (χ1v) is 11.1. The van der Waals surface area contributed by atoms with Crippen LogP contribution >= 0.6 is 0 Å². The van der Waals surface area contributed by atoms with Crippen molar-refractivity contribution in [1.82, 2.24) is 4.98 Å².